The normalized spacial score (nSPS) is 19.1. The number of hydrogen-bond acceptors (Lipinski definition) is 1. The van der Waals surface area contributed by atoms with Gasteiger partial charge in [0, 0.05) is 0 Å². The first-order valence-corrected chi connectivity index (χ1v) is 9.01. The molecule has 1 aromatic rings. The Morgan fingerprint density at radius 3 is 2.47 bits per heavy atom. The second-order valence-corrected chi connectivity index (χ2v) is 8.31. The second-order valence-electron chi connectivity index (χ2n) is 5.14. The Labute approximate surface area is 107 Å². The molecular weight excluding hydrogens is 224 g/mol. The van der Waals surface area contributed by atoms with Crippen molar-refractivity contribution in [2.45, 2.75) is 57.2 Å². The van der Waals surface area contributed by atoms with Crippen molar-refractivity contribution in [3.63, 3.8) is 0 Å². The molecule has 0 aliphatic heterocycles. The van der Waals surface area contributed by atoms with Crippen molar-refractivity contribution in [3.8, 4) is 0 Å². The molecule has 1 fully saturated rings. The first-order chi connectivity index (χ1) is 8.40. The minimum atomic E-state index is -0.964. The Morgan fingerprint density at radius 2 is 1.82 bits per heavy atom. The Bertz CT molecular complexity index is 306. The largest absolute Gasteiger partial charge is 0.415 e. The molecule has 1 atom stereocenters. The van der Waals surface area contributed by atoms with Crippen LogP contribution in [0.2, 0.25) is 11.6 Å². The van der Waals surface area contributed by atoms with Crippen LogP contribution in [0.1, 0.15) is 44.6 Å². The van der Waals surface area contributed by atoms with Gasteiger partial charge in [-0.2, -0.15) is 0 Å². The van der Waals surface area contributed by atoms with E-state index in [1.165, 1.54) is 43.7 Å². The predicted molar refractivity (Wildman–Crippen MR) is 75.7 cm³/mol. The van der Waals surface area contributed by atoms with E-state index in [-0.39, 0.29) is 0 Å². The maximum atomic E-state index is 6.26. The lowest BCUT2D eigenvalue weighted by Gasteiger charge is -2.28. The molecule has 1 saturated carbocycles. The summed E-state index contributed by atoms with van der Waals surface area (Å²) in [7, 11) is -0.964. The van der Waals surface area contributed by atoms with Gasteiger partial charge in [0.05, 0.1) is 6.61 Å². The second kappa shape index (κ2) is 6.97. The molecule has 0 amide bonds. The summed E-state index contributed by atoms with van der Waals surface area (Å²) in [6, 6.07) is 11.9. The molecule has 0 aromatic heterocycles. The fraction of sp³-hybridized carbons (Fsp3) is 0.600. The first kappa shape index (κ1) is 12.8. The molecule has 94 valence electrons. The van der Waals surface area contributed by atoms with Gasteiger partial charge < -0.3 is 4.43 Å². The van der Waals surface area contributed by atoms with Crippen LogP contribution in [0.3, 0.4) is 0 Å². The fourth-order valence-corrected chi connectivity index (χ4v) is 5.67. The van der Waals surface area contributed by atoms with E-state index in [1.54, 1.807) is 0 Å². The number of hydrogen-bond donors (Lipinski definition) is 0. The topological polar surface area (TPSA) is 9.23 Å². The van der Waals surface area contributed by atoms with Gasteiger partial charge >= 0.3 is 0 Å². The Balaban J connectivity index is 1.82. The molecule has 2 rings (SSSR count). The van der Waals surface area contributed by atoms with Gasteiger partial charge in [-0.25, -0.2) is 0 Å². The molecule has 1 aliphatic rings. The average Bonchev–Trinajstić information content (AvgIpc) is 2.42. The van der Waals surface area contributed by atoms with Crippen LogP contribution in [0.4, 0.5) is 0 Å². The Morgan fingerprint density at radius 1 is 1.12 bits per heavy atom. The van der Waals surface area contributed by atoms with Crippen LogP contribution in [0.5, 0.6) is 0 Å². The highest BCUT2D eigenvalue weighted by atomic mass is 28.3. The standard InChI is InChI=1S/C15H24OSi/c1-2-17(15-11-7-4-8-12-15)16-13-14-9-5-3-6-10-14/h3,5-6,9-10,15,17H,2,4,7-8,11-13H2,1H3. The van der Waals surface area contributed by atoms with Crippen molar-refractivity contribution in [2.75, 3.05) is 0 Å². The van der Waals surface area contributed by atoms with Gasteiger partial charge in [0.1, 0.15) is 0 Å². The third-order valence-electron chi connectivity index (χ3n) is 3.88. The quantitative estimate of drug-likeness (QED) is 0.707. The molecule has 0 radical (unpaired) electrons. The van der Waals surface area contributed by atoms with Crippen LogP contribution in [0.15, 0.2) is 30.3 Å². The summed E-state index contributed by atoms with van der Waals surface area (Å²) < 4.78 is 6.26. The van der Waals surface area contributed by atoms with Gasteiger partial charge in [0.25, 0.3) is 0 Å². The minimum Gasteiger partial charge on any atom is -0.415 e. The third-order valence-corrected chi connectivity index (χ3v) is 7.00. The summed E-state index contributed by atoms with van der Waals surface area (Å²) in [6.07, 6.45) is 7.17. The van der Waals surface area contributed by atoms with Crippen molar-refractivity contribution in [3.05, 3.63) is 35.9 Å². The lowest BCUT2D eigenvalue weighted by molar-refractivity contribution is 0.289. The average molecular weight is 248 g/mol. The summed E-state index contributed by atoms with van der Waals surface area (Å²) in [6.45, 7) is 3.15. The monoisotopic (exact) mass is 248 g/mol. The zero-order valence-electron chi connectivity index (χ0n) is 10.9. The van der Waals surface area contributed by atoms with Gasteiger partial charge in [0.15, 0.2) is 9.04 Å². The first-order valence-electron chi connectivity index (χ1n) is 7.05. The number of benzene rings is 1. The van der Waals surface area contributed by atoms with Crippen molar-refractivity contribution < 1.29 is 4.43 Å². The summed E-state index contributed by atoms with van der Waals surface area (Å²) in [5, 5.41) is 0. The molecule has 0 spiro atoms. The summed E-state index contributed by atoms with van der Waals surface area (Å²) >= 11 is 0. The summed E-state index contributed by atoms with van der Waals surface area (Å²) in [5.74, 6) is 0. The van der Waals surface area contributed by atoms with E-state index in [2.05, 4.69) is 37.3 Å². The van der Waals surface area contributed by atoms with Crippen LogP contribution in [-0.4, -0.2) is 9.04 Å². The lowest BCUT2D eigenvalue weighted by atomic mass is 10.0. The molecule has 0 N–H and O–H groups in total. The molecule has 1 unspecified atom stereocenters. The van der Waals surface area contributed by atoms with Crippen LogP contribution in [0.25, 0.3) is 0 Å². The van der Waals surface area contributed by atoms with E-state index in [9.17, 15) is 0 Å². The maximum Gasteiger partial charge on any atom is 0.180 e. The molecule has 1 nitrogen and oxygen atoms in total. The van der Waals surface area contributed by atoms with Gasteiger partial charge in [-0.05, 0) is 17.1 Å². The van der Waals surface area contributed by atoms with E-state index in [1.807, 2.05) is 0 Å². The predicted octanol–water partition coefficient (Wildman–Crippen LogP) is 4.28. The van der Waals surface area contributed by atoms with Gasteiger partial charge in [0.2, 0.25) is 0 Å². The van der Waals surface area contributed by atoms with Crippen LogP contribution in [-0.2, 0) is 11.0 Å². The van der Waals surface area contributed by atoms with E-state index in [0.717, 1.165) is 12.1 Å². The molecule has 0 bridgehead atoms. The molecular formula is C15H24OSi. The van der Waals surface area contributed by atoms with Gasteiger partial charge in [-0.3, -0.25) is 0 Å². The molecule has 1 aromatic carbocycles. The minimum absolute atomic E-state index is 0.835. The molecule has 17 heavy (non-hydrogen) atoms. The van der Waals surface area contributed by atoms with E-state index in [0.29, 0.717) is 0 Å². The van der Waals surface area contributed by atoms with E-state index in [4.69, 9.17) is 4.43 Å². The lowest BCUT2D eigenvalue weighted by Crippen LogP contribution is -2.25. The van der Waals surface area contributed by atoms with Crippen molar-refractivity contribution >= 4 is 9.04 Å². The Hall–Kier alpha value is -0.603. The molecule has 0 saturated heterocycles. The molecule has 2 heteroatoms. The fourth-order valence-electron chi connectivity index (χ4n) is 2.87. The highest BCUT2D eigenvalue weighted by molar-refractivity contribution is 6.53. The zero-order chi connectivity index (χ0) is 11.9. The summed E-state index contributed by atoms with van der Waals surface area (Å²) in [5.41, 5.74) is 2.27. The SMILES string of the molecule is CC[SiH](OCc1ccccc1)C1CCCCC1. The zero-order valence-corrected chi connectivity index (χ0v) is 12.1. The van der Waals surface area contributed by atoms with Gasteiger partial charge in [-0.1, -0.05) is 69.4 Å². The highest BCUT2D eigenvalue weighted by Gasteiger charge is 2.24. The van der Waals surface area contributed by atoms with Crippen molar-refractivity contribution in [1.29, 1.82) is 0 Å². The third kappa shape index (κ3) is 3.97. The van der Waals surface area contributed by atoms with E-state index < -0.39 is 9.04 Å². The van der Waals surface area contributed by atoms with Crippen LogP contribution in [0, 0.1) is 0 Å². The highest BCUT2D eigenvalue weighted by Crippen LogP contribution is 2.33. The molecule has 0 heterocycles. The molecule has 1 aliphatic carbocycles. The number of rotatable bonds is 5. The van der Waals surface area contributed by atoms with Crippen LogP contribution < -0.4 is 0 Å². The van der Waals surface area contributed by atoms with E-state index >= 15 is 0 Å². The van der Waals surface area contributed by atoms with Crippen molar-refractivity contribution in [1.82, 2.24) is 0 Å². The van der Waals surface area contributed by atoms with Gasteiger partial charge in [-0.15, -0.1) is 0 Å². The smallest absolute Gasteiger partial charge is 0.180 e. The maximum absolute atomic E-state index is 6.26. The summed E-state index contributed by atoms with van der Waals surface area (Å²) in [4.78, 5) is 0. The van der Waals surface area contributed by atoms with Crippen LogP contribution >= 0.6 is 0 Å². The Kier molecular flexibility index (Phi) is 5.27. The van der Waals surface area contributed by atoms with Crippen molar-refractivity contribution in [2.24, 2.45) is 0 Å².